The molecular formula is C12H16N2O3. The molecule has 1 aromatic heterocycles. The molecule has 0 aliphatic carbocycles. The van der Waals surface area contributed by atoms with Crippen molar-refractivity contribution in [1.29, 1.82) is 0 Å². The molecule has 2 rings (SSSR count). The SMILES string of the molecule is CCCCOC(=O)N1Cc2cnc(O)cc2C1. The molecule has 0 saturated heterocycles. The summed E-state index contributed by atoms with van der Waals surface area (Å²) in [5.41, 5.74) is 1.90. The molecule has 0 aromatic carbocycles. The van der Waals surface area contributed by atoms with Crippen molar-refractivity contribution in [3.63, 3.8) is 0 Å². The Kier molecular flexibility index (Phi) is 3.46. The average molecular weight is 236 g/mol. The molecule has 1 aliphatic rings. The molecule has 2 heterocycles. The second-order valence-electron chi connectivity index (χ2n) is 4.14. The predicted molar refractivity (Wildman–Crippen MR) is 61.4 cm³/mol. The number of rotatable bonds is 3. The van der Waals surface area contributed by atoms with Gasteiger partial charge in [-0.2, -0.15) is 0 Å². The lowest BCUT2D eigenvalue weighted by molar-refractivity contribution is 0.100. The quantitative estimate of drug-likeness (QED) is 0.816. The molecule has 5 heteroatoms. The van der Waals surface area contributed by atoms with Crippen molar-refractivity contribution in [1.82, 2.24) is 9.88 Å². The van der Waals surface area contributed by atoms with Crippen LogP contribution in [0.25, 0.3) is 0 Å². The van der Waals surface area contributed by atoms with Crippen molar-refractivity contribution < 1.29 is 14.6 Å². The van der Waals surface area contributed by atoms with Crippen LogP contribution in [0.1, 0.15) is 30.9 Å². The minimum Gasteiger partial charge on any atom is -0.493 e. The molecular weight excluding hydrogens is 220 g/mol. The Labute approximate surface area is 100 Å². The first-order valence-electron chi connectivity index (χ1n) is 5.79. The second kappa shape index (κ2) is 5.03. The van der Waals surface area contributed by atoms with Crippen LogP contribution in [0.2, 0.25) is 0 Å². The van der Waals surface area contributed by atoms with E-state index < -0.39 is 0 Å². The molecule has 0 spiro atoms. The van der Waals surface area contributed by atoms with E-state index in [1.54, 1.807) is 17.2 Å². The van der Waals surface area contributed by atoms with Crippen LogP contribution in [0, 0.1) is 0 Å². The number of fused-ring (bicyclic) bond motifs is 1. The zero-order valence-electron chi connectivity index (χ0n) is 9.85. The van der Waals surface area contributed by atoms with Gasteiger partial charge in [-0.1, -0.05) is 13.3 Å². The van der Waals surface area contributed by atoms with Gasteiger partial charge < -0.3 is 9.84 Å². The zero-order valence-corrected chi connectivity index (χ0v) is 9.85. The van der Waals surface area contributed by atoms with E-state index in [1.165, 1.54) is 0 Å². The lowest BCUT2D eigenvalue weighted by Crippen LogP contribution is -2.26. The van der Waals surface area contributed by atoms with E-state index >= 15 is 0 Å². The Morgan fingerprint density at radius 1 is 1.53 bits per heavy atom. The Hall–Kier alpha value is -1.78. The summed E-state index contributed by atoms with van der Waals surface area (Å²) in [5.74, 6) is -0.00931. The summed E-state index contributed by atoms with van der Waals surface area (Å²) in [6.07, 6.45) is 3.19. The number of ether oxygens (including phenoxy) is 1. The van der Waals surface area contributed by atoms with Gasteiger partial charge in [0.1, 0.15) is 0 Å². The molecule has 0 unspecified atom stereocenters. The highest BCUT2D eigenvalue weighted by Crippen LogP contribution is 2.24. The lowest BCUT2D eigenvalue weighted by Gasteiger charge is -2.14. The number of aromatic hydroxyl groups is 1. The van der Waals surface area contributed by atoms with Crippen LogP contribution < -0.4 is 0 Å². The van der Waals surface area contributed by atoms with Gasteiger partial charge in [0.05, 0.1) is 13.2 Å². The molecule has 0 atom stereocenters. The van der Waals surface area contributed by atoms with Gasteiger partial charge in [0.2, 0.25) is 5.88 Å². The van der Waals surface area contributed by atoms with Gasteiger partial charge in [0.15, 0.2) is 0 Å². The van der Waals surface area contributed by atoms with Gasteiger partial charge in [0.25, 0.3) is 0 Å². The largest absolute Gasteiger partial charge is 0.493 e. The third kappa shape index (κ3) is 2.67. The maximum Gasteiger partial charge on any atom is 0.410 e. The smallest absolute Gasteiger partial charge is 0.410 e. The number of amides is 1. The molecule has 1 N–H and O–H groups in total. The standard InChI is InChI=1S/C12H16N2O3/c1-2-3-4-17-12(16)14-7-9-5-11(15)13-6-10(9)8-14/h5-6H,2-4,7-8H2,1H3,(H,13,15). The summed E-state index contributed by atoms with van der Waals surface area (Å²) < 4.78 is 5.13. The average Bonchev–Trinajstić information content (AvgIpc) is 2.72. The fourth-order valence-electron chi connectivity index (χ4n) is 1.79. The summed E-state index contributed by atoms with van der Waals surface area (Å²) in [4.78, 5) is 17.1. The van der Waals surface area contributed by atoms with Crippen LogP contribution in [-0.4, -0.2) is 27.7 Å². The van der Waals surface area contributed by atoms with E-state index in [9.17, 15) is 9.90 Å². The third-order valence-corrected chi connectivity index (χ3v) is 2.77. The fourth-order valence-corrected chi connectivity index (χ4v) is 1.79. The van der Waals surface area contributed by atoms with Crippen LogP contribution in [0.3, 0.4) is 0 Å². The fraction of sp³-hybridized carbons (Fsp3) is 0.500. The Morgan fingerprint density at radius 2 is 2.29 bits per heavy atom. The van der Waals surface area contributed by atoms with Crippen LogP contribution in [0.5, 0.6) is 5.88 Å². The number of pyridine rings is 1. The summed E-state index contributed by atoms with van der Waals surface area (Å²) in [6.45, 7) is 3.50. The number of hydrogen-bond acceptors (Lipinski definition) is 4. The third-order valence-electron chi connectivity index (χ3n) is 2.77. The minimum atomic E-state index is -0.297. The molecule has 0 fully saturated rings. The number of unbranched alkanes of at least 4 members (excludes halogenated alkanes) is 1. The zero-order chi connectivity index (χ0) is 12.3. The molecule has 92 valence electrons. The Morgan fingerprint density at radius 3 is 3.06 bits per heavy atom. The van der Waals surface area contributed by atoms with E-state index in [0.717, 1.165) is 24.0 Å². The van der Waals surface area contributed by atoms with Crippen molar-refractivity contribution in [2.45, 2.75) is 32.9 Å². The minimum absolute atomic E-state index is 0.00931. The van der Waals surface area contributed by atoms with E-state index in [1.807, 2.05) is 6.92 Å². The highest BCUT2D eigenvalue weighted by atomic mass is 16.6. The first-order chi connectivity index (χ1) is 8.20. The van der Waals surface area contributed by atoms with Crippen molar-refractivity contribution in [2.75, 3.05) is 6.61 Å². The van der Waals surface area contributed by atoms with E-state index in [2.05, 4.69) is 4.98 Å². The van der Waals surface area contributed by atoms with Crippen LogP contribution in [0.15, 0.2) is 12.3 Å². The first-order valence-corrected chi connectivity index (χ1v) is 5.79. The van der Waals surface area contributed by atoms with Crippen molar-refractivity contribution >= 4 is 6.09 Å². The number of hydrogen-bond donors (Lipinski definition) is 1. The number of nitrogens with zero attached hydrogens (tertiary/aromatic N) is 2. The Bertz CT molecular complexity index is 420. The summed E-state index contributed by atoms with van der Waals surface area (Å²) in [7, 11) is 0. The maximum absolute atomic E-state index is 11.7. The first kappa shape index (κ1) is 11.7. The van der Waals surface area contributed by atoms with Crippen LogP contribution in [0.4, 0.5) is 4.79 Å². The van der Waals surface area contributed by atoms with Gasteiger partial charge in [-0.3, -0.25) is 4.90 Å². The van der Waals surface area contributed by atoms with Crippen molar-refractivity contribution in [2.24, 2.45) is 0 Å². The normalized spacial score (nSPS) is 13.6. The molecule has 1 amide bonds. The van der Waals surface area contributed by atoms with E-state index in [0.29, 0.717) is 19.7 Å². The number of carbonyl (C=O) groups excluding carboxylic acids is 1. The molecule has 0 bridgehead atoms. The molecule has 1 aromatic rings. The van der Waals surface area contributed by atoms with E-state index in [4.69, 9.17) is 4.74 Å². The molecule has 17 heavy (non-hydrogen) atoms. The highest BCUT2D eigenvalue weighted by Gasteiger charge is 2.24. The molecule has 0 saturated carbocycles. The van der Waals surface area contributed by atoms with Gasteiger partial charge in [-0.15, -0.1) is 0 Å². The van der Waals surface area contributed by atoms with Crippen molar-refractivity contribution in [3.8, 4) is 5.88 Å². The monoisotopic (exact) mass is 236 g/mol. The van der Waals surface area contributed by atoms with Gasteiger partial charge in [-0.25, -0.2) is 9.78 Å². The maximum atomic E-state index is 11.7. The summed E-state index contributed by atoms with van der Waals surface area (Å²) in [6, 6.07) is 1.59. The Balaban J connectivity index is 1.93. The van der Waals surface area contributed by atoms with Gasteiger partial charge in [0, 0.05) is 18.8 Å². The van der Waals surface area contributed by atoms with Crippen LogP contribution >= 0.6 is 0 Å². The molecule has 1 aliphatic heterocycles. The van der Waals surface area contributed by atoms with Crippen LogP contribution in [-0.2, 0) is 17.8 Å². The number of carbonyl (C=O) groups is 1. The topological polar surface area (TPSA) is 62.7 Å². The van der Waals surface area contributed by atoms with Gasteiger partial charge >= 0.3 is 6.09 Å². The van der Waals surface area contributed by atoms with E-state index in [-0.39, 0.29) is 12.0 Å². The lowest BCUT2D eigenvalue weighted by atomic mass is 10.2. The highest BCUT2D eigenvalue weighted by molar-refractivity contribution is 5.68. The molecule has 5 nitrogen and oxygen atoms in total. The summed E-state index contributed by atoms with van der Waals surface area (Å²) >= 11 is 0. The second-order valence-corrected chi connectivity index (χ2v) is 4.14. The molecule has 0 radical (unpaired) electrons. The summed E-state index contributed by atoms with van der Waals surface area (Å²) in [5, 5.41) is 9.25. The predicted octanol–water partition coefficient (Wildman–Crippen LogP) is 2.04. The number of aromatic nitrogens is 1. The van der Waals surface area contributed by atoms with Gasteiger partial charge in [-0.05, 0) is 17.5 Å². The van der Waals surface area contributed by atoms with Crippen molar-refractivity contribution in [3.05, 3.63) is 23.4 Å².